The molecule has 118 valence electrons. The molecule has 0 bridgehead atoms. The zero-order valence-corrected chi connectivity index (χ0v) is 13.5. The zero-order chi connectivity index (χ0) is 15.2. The van der Waals surface area contributed by atoms with E-state index in [-0.39, 0.29) is 0 Å². The first kappa shape index (κ1) is 17.7. The molecule has 0 spiro atoms. The summed E-state index contributed by atoms with van der Waals surface area (Å²) in [4.78, 5) is 11.7. The van der Waals surface area contributed by atoms with Crippen LogP contribution in [0.3, 0.4) is 0 Å². The summed E-state index contributed by atoms with van der Waals surface area (Å²) in [7, 11) is 0. The first-order chi connectivity index (χ1) is 10.3. The molecule has 0 aliphatic rings. The van der Waals surface area contributed by atoms with Gasteiger partial charge in [-0.1, -0.05) is 70.1 Å². The van der Waals surface area contributed by atoms with E-state index in [9.17, 15) is 4.79 Å². The third-order valence-electron chi connectivity index (χ3n) is 3.70. The quantitative estimate of drug-likeness (QED) is 0.445. The molecule has 0 heterocycles. The molecule has 0 saturated carbocycles. The largest absolute Gasteiger partial charge is 0.493 e. The molecule has 0 aromatic heterocycles. The van der Waals surface area contributed by atoms with E-state index in [2.05, 4.69) is 6.92 Å². The maximum absolute atomic E-state index is 11.7. The highest BCUT2D eigenvalue weighted by atomic mass is 16.5. The van der Waals surface area contributed by atoms with Gasteiger partial charge in [0.2, 0.25) is 0 Å². The molecule has 0 unspecified atom stereocenters. The lowest BCUT2D eigenvalue weighted by molar-refractivity contribution is -0.119. The fourth-order valence-electron chi connectivity index (χ4n) is 2.38. The Labute approximate surface area is 129 Å². The average molecular weight is 290 g/mol. The Morgan fingerprint density at radius 3 is 2.14 bits per heavy atom. The summed E-state index contributed by atoms with van der Waals surface area (Å²) in [5, 5.41) is 0. The topological polar surface area (TPSA) is 26.3 Å². The van der Waals surface area contributed by atoms with E-state index in [0.29, 0.717) is 25.2 Å². The lowest BCUT2D eigenvalue weighted by Crippen LogP contribution is -2.06. The van der Waals surface area contributed by atoms with Gasteiger partial charge in [-0.15, -0.1) is 0 Å². The summed E-state index contributed by atoms with van der Waals surface area (Å²) < 4.78 is 5.54. The fraction of sp³-hybridized carbons (Fsp3) is 0.632. The van der Waals surface area contributed by atoms with Gasteiger partial charge in [-0.3, -0.25) is 4.79 Å². The Hall–Kier alpha value is -1.31. The average Bonchev–Trinajstić information content (AvgIpc) is 2.51. The van der Waals surface area contributed by atoms with Gasteiger partial charge in [0.05, 0.1) is 6.61 Å². The van der Waals surface area contributed by atoms with Crippen molar-refractivity contribution in [3.8, 4) is 5.75 Å². The molecular formula is C19H30O2. The van der Waals surface area contributed by atoms with E-state index in [4.69, 9.17) is 4.74 Å². The number of hydrogen-bond acceptors (Lipinski definition) is 2. The van der Waals surface area contributed by atoms with Gasteiger partial charge < -0.3 is 4.74 Å². The van der Waals surface area contributed by atoms with Gasteiger partial charge in [0, 0.05) is 12.8 Å². The molecule has 0 amide bonds. The van der Waals surface area contributed by atoms with E-state index in [1.54, 1.807) is 0 Å². The Morgan fingerprint density at radius 2 is 1.48 bits per heavy atom. The number of para-hydroxylation sites is 1. The second kappa shape index (κ2) is 12.4. The first-order valence-electron chi connectivity index (χ1n) is 8.52. The molecule has 0 aliphatic heterocycles. The van der Waals surface area contributed by atoms with Crippen LogP contribution < -0.4 is 4.74 Å². The third-order valence-corrected chi connectivity index (χ3v) is 3.70. The van der Waals surface area contributed by atoms with Crippen molar-refractivity contribution in [1.82, 2.24) is 0 Å². The monoisotopic (exact) mass is 290 g/mol. The molecule has 0 saturated heterocycles. The van der Waals surface area contributed by atoms with Gasteiger partial charge in [0.25, 0.3) is 0 Å². The number of Topliss-reactive ketones (excluding diaryl/α,β-unsaturated/α-hetero) is 1. The van der Waals surface area contributed by atoms with E-state index < -0.39 is 0 Å². The molecule has 2 heteroatoms. The highest BCUT2D eigenvalue weighted by Gasteiger charge is 2.02. The third kappa shape index (κ3) is 10.1. The van der Waals surface area contributed by atoms with Gasteiger partial charge in [-0.25, -0.2) is 0 Å². The number of rotatable bonds is 13. The minimum absolute atomic E-state index is 0.330. The molecule has 1 aromatic carbocycles. The minimum Gasteiger partial charge on any atom is -0.493 e. The van der Waals surface area contributed by atoms with Crippen molar-refractivity contribution in [3.63, 3.8) is 0 Å². The van der Waals surface area contributed by atoms with Crippen LogP contribution in [0, 0.1) is 0 Å². The molecule has 0 aliphatic carbocycles. The second-order valence-electron chi connectivity index (χ2n) is 5.68. The maximum Gasteiger partial charge on any atom is 0.136 e. The van der Waals surface area contributed by atoms with Gasteiger partial charge in [-0.05, 0) is 18.6 Å². The molecule has 1 aromatic rings. The molecule has 1 rings (SSSR count). The van der Waals surface area contributed by atoms with Gasteiger partial charge in [-0.2, -0.15) is 0 Å². The molecule has 2 nitrogen and oxygen atoms in total. The molecule has 0 fully saturated rings. The van der Waals surface area contributed by atoms with Crippen LogP contribution in [0.4, 0.5) is 0 Å². The van der Waals surface area contributed by atoms with Crippen LogP contribution in [0.15, 0.2) is 30.3 Å². The van der Waals surface area contributed by atoms with Crippen LogP contribution in [-0.2, 0) is 4.79 Å². The molecular weight excluding hydrogens is 260 g/mol. The summed E-state index contributed by atoms with van der Waals surface area (Å²) in [5.74, 6) is 1.18. The van der Waals surface area contributed by atoms with Crippen LogP contribution in [0.25, 0.3) is 0 Å². The predicted octanol–water partition coefficient (Wildman–Crippen LogP) is 5.56. The van der Waals surface area contributed by atoms with Crippen molar-refractivity contribution in [3.05, 3.63) is 30.3 Å². The smallest absolute Gasteiger partial charge is 0.136 e. The number of benzene rings is 1. The van der Waals surface area contributed by atoms with Gasteiger partial charge >= 0.3 is 0 Å². The molecule has 21 heavy (non-hydrogen) atoms. The minimum atomic E-state index is 0.330. The van der Waals surface area contributed by atoms with E-state index in [0.717, 1.165) is 12.2 Å². The van der Waals surface area contributed by atoms with Crippen molar-refractivity contribution in [2.24, 2.45) is 0 Å². The number of ether oxygens (including phenoxy) is 1. The summed E-state index contributed by atoms with van der Waals surface area (Å²) >= 11 is 0. The summed E-state index contributed by atoms with van der Waals surface area (Å²) in [6, 6.07) is 9.68. The standard InChI is InChI=1S/C19H30O2/c1-2-3-4-5-6-7-8-10-13-18(20)16-17-21-19-14-11-9-12-15-19/h9,11-12,14-15H,2-8,10,13,16-17H2,1H3. The highest BCUT2D eigenvalue weighted by Crippen LogP contribution is 2.11. The van der Waals surface area contributed by atoms with Crippen molar-refractivity contribution >= 4 is 5.78 Å². The summed E-state index contributed by atoms with van der Waals surface area (Å²) in [6.45, 7) is 2.74. The molecule has 0 N–H and O–H groups in total. The molecule has 0 atom stereocenters. The van der Waals surface area contributed by atoms with E-state index in [1.165, 1.54) is 44.9 Å². The fourth-order valence-corrected chi connectivity index (χ4v) is 2.38. The Balaban J connectivity index is 1.90. The molecule has 0 radical (unpaired) electrons. The van der Waals surface area contributed by atoms with Crippen LogP contribution >= 0.6 is 0 Å². The number of carbonyl (C=O) groups is 1. The SMILES string of the molecule is CCCCCCCCCCC(=O)CCOc1ccccc1. The maximum atomic E-state index is 11.7. The number of ketones is 1. The lowest BCUT2D eigenvalue weighted by atomic mass is 10.1. The lowest BCUT2D eigenvalue weighted by Gasteiger charge is -2.05. The van der Waals surface area contributed by atoms with Crippen LogP contribution in [0.1, 0.15) is 71.1 Å². The van der Waals surface area contributed by atoms with Gasteiger partial charge in [0.15, 0.2) is 0 Å². The number of unbranched alkanes of at least 4 members (excludes halogenated alkanes) is 7. The van der Waals surface area contributed by atoms with E-state index in [1.807, 2.05) is 30.3 Å². The summed E-state index contributed by atoms with van der Waals surface area (Å²) in [5.41, 5.74) is 0. The Morgan fingerprint density at radius 1 is 0.857 bits per heavy atom. The van der Waals surface area contributed by atoms with E-state index >= 15 is 0 Å². The number of carbonyl (C=O) groups excluding carboxylic acids is 1. The Kier molecular flexibility index (Phi) is 10.5. The van der Waals surface area contributed by atoms with Crippen molar-refractivity contribution in [2.75, 3.05) is 6.61 Å². The van der Waals surface area contributed by atoms with Crippen LogP contribution in [0.2, 0.25) is 0 Å². The summed E-state index contributed by atoms with van der Waals surface area (Å²) in [6.07, 6.45) is 11.5. The van der Waals surface area contributed by atoms with Crippen LogP contribution in [-0.4, -0.2) is 12.4 Å². The first-order valence-corrected chi connectivity index (χ1v) is 8.52. The van der Waals surface area contributed by atoms with Crippen molar-refractivity contribution in [2.45, 2.75) is 71.1 Å². The van der Waals surface area contributed by atoms with Gasteiger partial charge in [0.1, 0.15) is 11.5 Å². The van der Waals surface area contributed by atoms with Crippen molar-refractivity contribution < 1.29 is 9.53 Å². The second-order valence-corrected chi connectivity index (χ2v) is 5.68. The normalized spacial score (nSPS) is 10.5. The highest BCUT2D eigenvalue weighted by molar-refractivity contribution is 5.78. The Bertz CT molecular complexity index is 359. The van der Waals surface area contributed by atoms with Crippen molar-refractivity contribution in [1.29, 1.82) is 0 Å². The zero-order valence-electron chi connectivity index (χ0n) is 13.5. The van der Waals surface area contributed by atoms with Crippen LogP contribution in [0.5, 0.6) is 5.75 Å². The number of hydrogen-bond donors (Lipinski definition) is 0. The predicted molar refractivity (Wildman–Crippen MR) is 88.8 cm³/mol.